The number of rotatable bonds is 5. The van der Waals surface area contributed by atoms with Crippen molar-refractivity contribution in [2.75, 3.05) is 18.4 Å². The predicted octanol–water partition coefficient (Wildman–Crippen LogP) is 3.21. The first-order chi connectivity index (χ1) is 10.2. The van der Waals surface area contributed by atoms with Crippen molar-refractivity contribution in [3.8, 4) is 0 Å². The summed E-state index contributed by atoms with van der Waals surface area (Å²) in [5, 5.41) is 6.66. The Labute approximate surface area is 129 Å². The SMILES string of the molecule is O=C(CNCC1Cc2ccccc21)Nc1cccc(Cl)c1. The minimum Gasteiger partial charge on any atom is -0.325 e. The molecule has 1 aliphatic carbocycles. The normalized spacial score (nSPS) is 16.0. The van der Waals surface area contributed by atoms with Crippen LogP contribution < -0.4 is 10.6 Å². The van der Waals surface area contributed by atoms with Crippen molar-refractivity contribution in [3.05, 3.63) is 64.7 Å². The Hall–Kier alpha value is -1.84. The summed E-state index contributed by atoms with van der Waals surface area (Å²) in [5.41, 5.74) is 3.55. The molecule has 108 valence electrons. The van der Waals surface area contributed by atoms with Crippen LogP contribution in [-0.2, 0) is 11.2 Å². The van der Waals surface area contributed by atoms with E-state index in [2.05, 4.69) is 34.9 Å². The Kier molecular flexibility index (Phi) is 4.23. The number of anilines is 1. The number of carbonyl (C=O) groups excluding carboxylic acids is 1. The molecule has 0 aromatic heterocycles. The van der Waals surface area contributed by atoms with Gasteiger partial charge in [0.15, 0.2) is 0 Å². The molecule has 1 atom stereocenters. The number of nitrogens with one attached hydrogen (secondary N) is 2. The van der Waals surface area contributed by atoms with E-state index >= 15 is 0 Å². The van der Waals surface area contributed by atoms with E-state index in [9.17, 15) is 4.79 Å². The van der Waals surface area contributed by atoms with Gasteiger partial charge in [0, 0.05) is 23.2 Å². The van der Waals surface area contributed by atoms with Gasteiger partial charge in [-0.1, -0.05) is 41.9 Å². The maximum absolute atomic E-state index is 11.8. The summed E-state index contributed by atoms with van der Waals surface area (Å²) in [4.78, 5) is 11.8. The Morgan fingerprint density at radius 1 is 1.19 bits per heavy atom. The summed E-state index contributed by atoms with van der Waals surface area (Å²) >= 11 is 5.88. The molecule has 0 bridgehead atoms. The smallest absolute Gasteiger partial charge is 0.238 e. The molecule has 3 rings (SSSR count). The fourth-order valence-electron chi connectivity index (χ4n) is 2.68. The van der Waals surface area contributed by atoms with Crippen molar-refractivity contribution in [1.82, 2.24) is 5.32 Å². The van der Waals surface area contributed by atoms with Crippen LogP contribution in [-0.4, -0.2) is 19.0 Å². The van der Waals surface area contributed by atoms with Gasteiger partial charge in [-0.25, -0.2) is 0 Å². The molecule has 4 heteroatoms. The molecular formula is C17H17ClN2O. The van der Waals surface area contributed by atoms with E-state index in [1.165, 1.54) is 11.1 Å². The van der Waals surface area contributed by atoms with Gasteiger partial charge < -0.3 is 10.6 Å². The first-order valence-corrected chi connectivity index (χ1v) is 7.44. The second-order valence-electron chi connectivity index (χ2n) is 5.29. The van der Waals surface area contributed by atoms with Crippen molar-refractivity contribution in [1.29, 1.82) is 0 Å². The van der Waals surface area contributed by atoms with Gasteiger partial charge in [-0.05, 0) is 35.7 Å². The molecule has 0 spiro atoms. The van der Waals surface area contributed by atoms with Crippen LogP contribution in [0.5, 0.6) is 0 Å². The van der Waals surface area contributed by atoms with Gasteiger partial charge in [0.2, 0.25) is 5.91 Å². The summed E-state index contributed by atoms with van der Waals surface area (Å²) < 4.78 is 0. The van der Waals surface area contributed by atoms with Gasteiger partial charge in [0.1, 0.15) is 0 Å². The van der Waals surface area contributed by atoms with Crippen molar-refractivity contribution in [2.24, 2.45) is 0 Å². The Morgan fingerprint density at radius 3 is 2.86 bits per heavy atom. The van der Waals surface area contributed by atoms with Gasteiger partial charge in [-0.15, -0.1) is 0 Å². The van der Waals surface area contributed by atoms with Crippen LogP contribution in [0.1, 0.15) is 17.0 Å². The molecule has 2 aromatic carbocycles. The molecule has 0 heterocycles. The summed E-state index contributed by atoms with van der Waals surface area (Å²) in [6.45, 7) is 1.14. The zero-order valence-electron chi connectivity index (χ0n) is 11.6. The molecule has 0 aliphatic heterocycles. The third-order valence-corrected chi connectivity index (χ3v) is 3.98. The number of halogens is 1. The van der Waals surface area contributed by atoms with Crippen molar-refractivity contribution >= 4 is 23.2 Å². The van der Waals surface area contributed by atoms with Crippen LogP contribution in [0.15, 0.2) is 48.5 Å². The van der Waals surface area contributed by atoms with Crippen LogP contribution in [0.4, 0.5) is 5.69 Å². The fraction of sp³-hybridized carbons (Fsp3) is 0.235. The van der Waals surface area contributed by atoms with E-state index in [-0.39, 0.29) is 5.91 Å². The molecule has 1 amide bonds. The molecular weight excluding hydrogens is 284 g/mol. The van der Waals surface area contributed by atoms with Crippen LogP contribution in [0.3, 0.4) is 0 Å². The van der Waals surface area contributed by atoms with Crippen LogP contribution >= 0.6 is 11.6 Å². The lowest BCUT2D eigenvalue weighted by Gasteiger charge is -2.30. The number of carbonyl (C=O) groups is 1. The molecule has 2 N–H and O–H groups in total. The number of hydrogen-bond donors (Lipinski definition) is 2. The molecule has 0 saturated heterocycles. The number of benzene rings is 2. The lowest BCUT2D eigenvalue weighted by molar-refractivity contribution is -0.115. The third kappa shape index (κ3) is 3.43. The molecule has 3 nitrogen and oxygen atoms in total. The van der Waals surface area contributed by atoms with Gasteiger partial charge in [-0.3, -0.25) is 4.79 Å². The highest BCUT2D eigenvalue weighted by molar-refractivity contribution is 6.30. The van der Waals surface area contributed by atoms with E-state index in [1.54, 1.807) is 12.1 Å². The highest BCUT2D eigenvalue weighted by Crippen LogP contribution is 2.33. The number of fused-ring (bicyclic) bond motifs is 1. The largest absolute Gasteiger partial charge is 0.325 e. The van der Waals surface area contributed by atoms with Crippen molar-refractivity contribution < 1.29 is 4.79 Å². The van der Waals surface area contributed by atoms with E-state index in [0.717, 1.165) is 18.7 Å². The molecule has 0 fully saturated rings. The molecule has 0 radical (unpaired) electrons. The number of hydrogen-bond acceptors (Lipinski definition) is 2. The molecule has 1 unspecified atom stereocenters. The van der Waals surface area contributed by atoms with E-state index < -0.39 is 0 Å². The maximum Gasteiger partial charge on any atom is 0.238 e. The van der Waals surface area contributed by atoms with Crippen LogP contribution in [0, 0.1) is 0 Å². The highest BCUT2D eigenvalue weighted by Gasteiger charge is 2.24. The molecule has 1 aliphatic rings. The van der Waals surface area contributed by atoms with Gasteiger partial charge in [-0.2, -0.15) is 0 Å². The second kappa shape index (κ2) is 6.29. The van der Waals surface area contributed by atoms with E-state index in [1.807, 2.05) is 12.1 Å². The highest BCUT2D eigenvalue weighted by atomic mass is 35.5. The monoisotopic (exact) mass is 300 g/mol. The average molecular weight is 301 g/mol. The van der Waals surface area contributed by atoms with Crippen LogP contribution in [0.2, 0.25) is 5.02 Å². The minimum absolute atomic E-state index is 0.0510. The Morgan fingerprint density at radius 2 is 2.05 bits per heavy atom. The second-order valence-corrected chi connectivity index (χ2v) is 5.73. The summed E-state index contributed by atoms with van der Waals surface area (Å²) in [6, 6.07) is 15.6. The quantitative estimate of drug-likeness (QED) is 0.890. The third-order valence-electron chi connectivity index (χ3n) is 3.75. The summed E-state index contributed by atoms with van der Waals surface area (Å²) in [5.74, 6) is 0.477. The van der Waals surface area contributed by atoms with E-state index in [0.29, 0.717) is 17.5 Å². The molecule has 0 saturated carbocycles. The Balaban J connectivity index is 1.43. The molecule has 2 aromatic rings. The lowest BCUT2D eigenvalue weighted by Crippen LogP contribution is -2.34. The van der Waals surface area contributed by atoms with Crippen molar-refractivity contribution in [3.63, 3.8) is 0 Å². The zero-order valence-corrected chi connectivity index (χ0v) is 12.4. The fourth-order valence-corrected chi connectivity index (χ4v) is 2.87. The summed E-state index contributed by atoms with van der Waals surface area (Å²) in [6.07, 6.45) is 1.10. The minimum atomic E-state index is -0.0510. The Bertz CT molecular complexity index is 657. The first kappa shape index (κ1) is 14.1. The van der Waals surface area contributed by atoms with Crippen molar-refractivity contribution in [2.45, 2.75) is 12.3 Å². The first-order valence-electron chi connectivity index (χ1n) is 7.06. The van der Waals surface area contributed by atoms with Crippen LogP contribution in [0.25, 0.3) is 0 Å². The lowest BCUT2D eigenvalue weighted by atomic mass is 9.78. The standard InChI is InChI=1S/C17H17ClN2O/c18-14-5-3-6-15(9-14)20-17(21)11-19-10-13-8-12-4-1-2-7-16(12)13/h1-7,9,13,19H,8,10-11H2,(H,20,21). The topological polar surface area (TPSA) is 41.1 Å². The predicted molar refractivity (Wildman–Crippen MR) is 85.8 cm³/mol. The zero-order chi connectivity index (χ0) is 14.7. The number of amides is 1. The van der Waals surface area contributed by atoms with Gasteiger partial charge in [0.05, 0.1) is 6.54 Å². The maximum atomic E-state index is 11.8. The average Bonchev–Trinajstić information content (AvgIpc) is 2.44. The summed E-state index contributed by atoms with van der Waals surface area (Å²) in [7, 11) is 0. The van der Waals surface area contributed by atoms with E-state index in [4.69, 9.17) is 11.6 Å². The molecule has 21 heavy (non-hydrogen) atoms. The van der Waals surface area contributed by atoms with Gasteiger partial charge >= 0.3 is 0 Å². The van der Waals surface area contributed by atoms with Gasteiger partial charge in [0.25, 0.3) is 0 Å².